The van der Waals surface area contributed by atoms with Gasteiger partial charge in [-0.25, -0.2) is 0 Å². The van der Waals surface area contributed by atoms with Gasteiger partial charge in [-0.3, -0.25) is 14.7 Å². The van der Waals surface area contributed by atoms with Crippen LogP contribution in [0.5, 0.6) is 0 Å². The molecule has 0 N–H and O–H groups in total. The zero-order valence-electron chi connectivity index (χ0n) is 12.3. The van der Waals surface area contributed by atoms with Crippen LogP contribution in [0.3, 0.4) is 0 Å². The molecule has 0 amide bonds. The molecule has 2 heterocycles. The number of carbonyl (C=O) groups is 1. The average Bonchev–Trinajstić information content (AvgIpc) is 2.81. The number of hydrogen-bond acceptors (Lipinski definition) is 3. The molecule has 0 radical (unpaired) electrons. The summed E-state index contributed by atoms with van der Waals surface area (Å²) >= 11 is 0. The van der Waals surface area contributed by atoms with Crippen LogP contribution >= 0.6 is 0 Å². The molecule has 1 aliphatic heterocycles. The molecule has 1 saturated heterocycles. The van der Waals surface area contributed by atoms with Crippen molar-refractivity contribution in [2.24, 2.45) is 0 Å². The second kappa shape index (κ2) is 5.83. The molecule has 3 nitrogen and oxygen atoms in total. The Labute approximate surface area is 116 Å². The Morgan fingerprint density at radius 2 is 1.95 bits per heavy atom. The lowest BCUT2D eigenvalue weighted by molar-refractivity contribution is -0.119. The number of hydrogen-bond donors (Lipinski definition) is 0. The molecule has 1 fully saturated rings. The Morgan fingerprint density at radius 1 is 1.26 bits per heavy atom. The first-order valence-corrected chi connectivity index (χ1v) is 7.14. The number of rotatable bonds is 4. The summed E-state index contributed by atoms with van der Waals surface area (Å²) in [5.74, 6) is 0.276. The van der Waals surface area contributed by atoms with E-state index in [0.717, 1.165) is 18.8 Å². The quantitative estimate of drug-likeness (QED) is 0.834. The SMILES string of the molecule is CC(C)(C)c1ccc(CC(=O)CN2CCCC2)nc1. The molecule has 0 bridgehead atoms. The summed E-state index contributed by atoms with van der Waals surface area (Å²) in [7, 11) is 0. The minimum absolute atomic E-state index is 0.116. The molecule has 1 aromatic heterocycles. The predicted molar refractivity (Wildman–Crippen MR) is 77.3 cm³/mol. The Hall–Kier alpha value is -1.22. The molecule has 1 aromatic rings. The molecule has 0 saturated carbocycles. The molecule has 3 heteroatoms. The predicted octanol–water partition coefficient (Wildman–Crippen LogP) is 2.59. The summed E-state index contributed by atoms with van der Waals surface area (Å²) in [5.41, 5.74) is 2.21. The van der Waals surface area contributed by atoms with E-state index in [-0.39, 0.29) is 11.2 Å². The lowest BCUT2D eigenvalue weighted by Gasteiger charge is -2.18. The van der Waals surface area contributed by atoms with Gasteiger partial charge in [-0.05, 0) is 43.0 Å². The number of ketones is 1. The van der Waals surface area contributed by atoms with Gasteiger partial charge in [0.1, 0.15) is 0 Å². The summed E-state index contributed by atoms with van der Waals surface area (Å²) in [6, 6.07) is 4.08. The number of aromatic nitrogens is 1. The van der Waals surface area contributed by atoms with Crippen molar-refractivity contribution >= 4 is 5.78 Å². The number of carbonyl (C=O) groups excluding carboxylic acids is 1. The molecule has 1 aliphatic rings. The summed E-state index contributed by atoms with van der Waals surface area (Å²) in [4.78, 5) is 18.6. The maximum Gasteiger partial charge on any atom is 0.152 e. The lowest BCUT2D eigenvalue weighted by atomic mass is 9.88. The number of Topliss-reactive ketones (excluding diaryl/α,β-unsaturated/α-hetero) is 1. The van der Waals surface area contributed by atoms with Crippen LogP contribution in [-0.4, -0.2) is 35.3 Å². The van der Waals surface area contributed by atoms with Gasteiger partial charge in [0.2, 0.25) is 0 Å². The number of likely N-dealkylation sites (tertiary alicyclic amines) is 1. The van der Waals surface area contributed by atoms with E-state index < -0.39 is 0 Å². The van der Waals surface area contributed by atoms with Crippen molar-refractivity contribution < 1.29 is 4.79 Å². The van der Waals surface area contributed by atoms with Crippen molar-refractivity contribution in [3.05, 3.63) is 29.6 Å². The number of pyridine rings is 1. The van der Waals surface area contributed by atoms with Crippen LogP contribution in [-0.2, 0) is 16.6 Å². The summed E-state index contributed by atoms with van der Waals surface area (Å²) in [6.07, 6.45) is 4.82. The van der Waals surface area contributed by atoms with E-state index in [2.05, 4.69) is 36.7 Å². The monoisotopic (exact) mass is 260 g/mol. The van der Waals surface area contributed by atoms with E-state index in [1.807, 2.05) is 12.3 Å². The molecule has 0 aromatic carbocycles. The molecule has 0 unspecified atom stereocenters. The van der Waals surface area contributed by atoms with Crippen molar-refractivity contribution in [2.75, 3.05) is 19.6 Å². The summed E-state index contributed by atoms with van der Waals surface area (Å²) < 4.78 is 0. The topological polar surface area (TPSA) is 33.2 Å². The van der Waals surface area contributed by atoms with Crippen LogP contribution in [0.1, 0.15) is 44.9 Å². The Bertz CT molecular complexity index is 425. The molecular formula is C16H24N2O. The maximum absolute atomic E-state index is 12.0. The van der Waals surface area contributed by atoms with Gasteiger partial charge >= 0.3 is 0 Å². The lowest BCUT2D eigenvalue weighted by Crippen LogP contribution is -2.28. The van der Waals surface area contributed by atoms with Gasteiger partial charge in [0.25, 0.3) is 0 Å². The molecule has 19 heavy (non-hydrogen) atoms. The Balaban J connectivity index is 1.90. The minimum Gasteiger partial charge on any atom is -0.298 e. The third kappa shape index (κ3) is 4.13. The van der Waals surface area contributed by atoms with E-state index in [0.29, 0.717) is 13.0 Å². The maximum atomic E-state index is 12.0. The zero-order chi connectivity index (χ0) is 13.9. The normalized spacial score (nSPS) is 16.8. The Morgan fingerprint density at radius 3 is 2.47 bits per heavy atom. The van der Waals surface area contributed by atoms with E-state index >= 15 is 0 Å². The van der Waals surface area contributed by atoms with Crippen LogP contribution in [0.2, 0.25) is 0 Å². The second-order valence-electron chi connectivity index (χ2n) is 6.49. The van der Waals surface area contributed by atoms with Crippen LogP contribution in [0.15, 0.2) is 18.3 Å². The average molecular weight is 260 g/mol. The van der Waals surface area contributed by atoms with E-state index in [1.165, 1.54) is 18.4 Å². The molecular weight excluding hydrogens is 236 g/mol. The fourth-order valence-electron chi connectivity index (χ4n) is 2.42. The summed E-state index contributed by atoms with van der Waals surface area (Å²) in [6.45, 7) is 9.24. The first kappa shape index (κ1) is 14.2. The van der Waals surface area contributed by atoms with Gasteiger partial charge in [0.15, 0.2) is 5.78 Å². The van der Waals surface area contributed by atoms with Gasteiger partial charge in [0.05, 0.1) is 13.0 Å². The summed E-state index contributed by atoms with van der Waals surface area (Å²) in [5, 5.41) is 0. The first-order chi connectivity index (χ1) is 8.95. The van der Waals surface area contributed by atoms with Crippen LogP contribution < -0.4 is 0 Å². The van der Waals surface area contributed by atoms with Gasteiger partial charge < -0.3 is 0 Å². The molecule has 104 valence electrons. The standard InChI is InChI=1S/C16H24N2O/c1-16(2,3)13-6-7-14(17-11-13)10-15(19)12-18-8-4-5-9-18/h6-7,11H,4-5,8-10,12H2,1-3H3. The highest BCUT2D eigenvalue weighted by molar-refractivity contribution is 5.82. The van der Waals surface area contributed by atoms with Crippen LogP contribution in [0.25, 0.3) is 0 Å². The third-order valence-corrected chi connectivity index (χ3v) is 3.67. The largest absolute Gasteiger partial charge is 0.298 e. The van der Waals surface area contributed by atoms with Crippen molar-refractivity contribution in [3.8, 4) is 0 Å². The highest BCUT2D eigenvalue weighted by Gasteiger charge is 2.17. The third-order valence-electron chi connectivity index (χ3n) is 3.67. The van der Waals surface area contributed by atoms with Crippen molar-refractivity contribution in [3.63, 3.8) is 0 Å². The molecule has 0 atom stereocenters. The van der Waals surface area contributed by atoms with Gasteiger partial charge in [0, 0.05) is 11.9 Å². The van der Waals surface area contributed by atoms with Gasteiger partial charge in [-0.2, -0.15) is 0 Å². The fourth-order valence-corrected chi connectivity index (χ4v) is 2.42. The van der Waals surface area contributed by atoms with Crippen molar-refractivity contribution in [1.82, 2.24) is 9.88 Å². The van der Waals surface area contributed by atoms with Crippen LogP contribution in [0, 0.1) is 0 Å². The van der Waals surface area contributed by atoms with E-state index in [1.54, 1.807) is 0 Å². The molecule has 0 aliphatic carbocycles. The number of nitrogens with zero attached hydrogens (tertiary/aromatic N) is 2. The Kier molecular flexibility index (Phi) is 4.35. The minimum atomic E-state index is 0.116. The second-order valence-corrected chi connectivity index (χ2v) is 6.49. The highest BCUT2D eigenvalue weighted by atomic mass is 16.1. The van der Waals surface area contributed by atoms with E-state index in [9.17, 15) is 4.79 Å². The van der Waals surface area contributed by atoms with Crippen molar-refractivity contribution in [2.45, 2.75) is 45.4 Å². The zero-order valence-corrected chi connectivity index (χ0v) is 12.3. The highest BCUT2D eigenvalue weighted by Crippen LogP contribution is 2.21. The molecule has 2 rings (SSSR count). The molecule has 0 spiro atoms. The van der Waals surface area contributed by atoms with E-state index in [4.69, 9.17) is 0 Å². The van der Waals surface area contributed by atoms with Gasteiger partial charge in [-0.1, -0.05) is 26.8 Å². The fraction of sp³-hybridized carbons (Fsp3) is 0.625. The van der Waals surface area contributed by atoms with Crippen molar-refractivity contribution in [1.29, 1.82) is 0 Å². The van der Waals surface area contributed by atoms with Crippen LogP contribution in [0.4, 0.5) is 0 Å². The smallest absolute Gasteiger partial charge is 0.152 e. The first-order valence-electron chi connectivity index (χ1n) is 7.14. The van der Waals surface area contributed by atoms with Gasteiger partial charge in [-0.15, -0.1) is 0 Å².